The number of aliphatic hydroxyl groups is 1. The maximum Gasteiger partial charge on any atom is 0.224 e. The zero-order valence-corrected chi connectivity index (χ0v) is 15.2. The summed E-state index contributed by atoms with van der Waals surface area (Å²) in [5, 5.41) is 17.5. The summed E-state index contributed by atoms with van der Waals surface area (Å²) in [4.78, 5) is 26.3. The summed E-state index contributed by atoms with van der Waals surface area (Å²) in [7, 11) is 0. The normalized spacial score (nSPS) is 17.3. The van der Waals surface area contributed by atoms with E-state index in [1.54, 1.807) is 4.90 Å². The van der Waals surface area contributed by atoms with Gasteiger partial charge in [0.05, 0.1) is 24.5 Å². The molecule has 0 radical (unpaired) electrons. The van der Waals surface area contributed by atoms with Crippen LogP contribution in [0.1, 0.15) is 43.2 Å². The van der Waals surface area contributed by atoms with Gasteiger partial charge in [-0.05, 0) is 37.0 Å². The van der Waals surface area contributed by atoms with Crippen molar-refractivity contribution >= 4 is 17.5 Å². The summed E-state index contributed by atoms with van der Waals surface area (Å²) < 4.78 is 1.88. The van der Waals surface area contributed by atoms with Crippen LogP contribution >= 0.6 is 0 Å². The number of nitrogens with one attached hydrogen (secondary N) is 1. The van der Waals surface area contributed by atoms with Crippen molar-refractivity contribution in [1.29, 1.82) is 0 Å². The van der Waals surface area contributed by atoms with E-state index in [-0.39, 0.29) is 24.7 Å². The number of hydrogen-bond donors (Lipinski definition) is 2. The van der Waals surface area contributed by atoms with E-state index in [1.807, 2.05) is 41.1 Å². The molecule has 27 heavy (non-hydrogen) atoms. The molecule has 4 rings (SSSR count). The number of fused-ring (bicyclic) bond motifs is 1. The number of aromatic nitrogens is 2. The monoisotopic (exact) mass is 368 g/mol. The van der Waals surface area contributed by atoms with Crippen molar-refractivity contribution < 1.29 is 14.7 Å². The van der Waals surface area contributed by atoms with E-state index in [9.17, 15) is 14.7 Å². The summed E-state index contributed by atoms with van der Waals surface area (Å²) in [5.74, 6) is 0.143. The molecular weight excluding hydrogens is 344 g/mol. The fraction of sp³-hybridized carbons (Fsp3) is 0.450. The average Bonchev–Trinajstić information content (AvgIpc) is 3.44. The standard InChI is InChI=1S/C20H24N4O3/c25-18(21-15-4-2-1-3-5-15)8-9-19(26)23-10-11-24-16(13-23)12-17(22-24)20(27)14-6-7-14/h1-5,12,14,20,27H,6-11,13H2,(H,21,25)/t20-/m0/s1. The van der Waals surface area contributed by atoms with E-state index in [0.717, 1.165) is 24.2 Å². The minimum absolute atomic E-state index is 0.0325. The Morgan fingerprint density at radius 2 is 1.96 bits per heavy atom. The topological polar surface area (TPSA) is 87.5 Å². The van der Waals surface area contributed by atoms with Gasteiger partial charge in [0.1, 0.15) is 6.10 Å². The second-order valence-electron chi connectivity index (χ2n) is 7.30. The highest BCUT2D eigenvalue weighted by atomic mass is 16.3. The Labute approximate surface area is 158 Å². The van der Waals surface area contributed by atoms with E-state index in [0.29, 0.717) is 31.2 Å². The molecule has 1 fully saturated rings. The number of rotatable bonds is 6. The first-order valence-corrected chi connectivity index (χ1v) is 9.47. The minimum Gasteiger partial charge on any atom is -0.386 e. The number of nitrogens with zero attached hydrogens (tertiary/aromatic N) is 3. The van der Waals surface area contributed by atoms with Crippen molar-refractivity contribution in [2.45, 2.75) is 44.9 Å². The van der Waals surface area contributed by atoms with Gasteiger partial charge in [-0.15, -0.1) is 0 Å². The maximum absolute atomic E-state index is 12.5. The minimum atomic E-state index is -0.492. The van der Waals surface area contributed by atoms with Crippen molar-refractivity contribution in [3.8, 4) is 0 Å². The molecule has 7 nitrogen and oxygen atoms in total. The molecule has 0 bridgehead atoms. The lowest BCUT2D eigenvalue weighted by molar-refractivity contribution is -0.134. The first kappa shape index (κ1) is 17.7. The van der Waals surface area contributed by atoms with Gasteiger partial charge in [-0.25, -0.2) is 0 Å². The second kappa shape index (κ2) is 7.52. The molecule has 2 aliphatic rings. The Morgan fingerprint density at radius 1 is 1.19 bits per heavy atom. The molecule has 7 heteroatoms. The van der Waals surface area contributed by atoms with Crippen LogP contribution in [0.25, 0.3) is 0 Å². The van der Waals surface area contributed by atoms with Gasteiger partial charge in [0.25, 0.3) is 0 Å². The Hall–Kier alpha value is -2.67. The summed E-state index contributed by atoms with van der Waals surface area (Å²) in [5.41, 5.74) is 2.39. The third-order valence-electron chi connectivity index (χ3n) is 5.16. The molecule has 142 valence electrons. The zero-order chi connectivity index (χ0) is 18.8. The van der Waals surface area contributed by atoms with E-state index >= 15 is 0 Å². The molecule has 1 aliphatic heterocycles. The van der Waals surface area contributed by atoms with Gasteiger partial charge in [-0.1, -0.05) is 18.2 Å². The molecule has 2 amide bonds. The van der Waals surface area contributed by atoms with Gasteiger partial charge >= 0.3 is 0 Å². The van der Waals surface area contributed by atoms with Crippen LogP contribution in [-0.2, 0) is 22.7 Å². The van der Waals surface area contributed by atoms with Crippen molar-refractivity contribution in [1.82, 2.24) is 14.7 Å². The average molecular weight is 368 g/mol. The van der Waals surface area contributed by atoms with E-state index in [1.165, 1.54) is 0 Å². The summed E-state index contributed by atoms with van der Waals surface area (Å²) in [6.45, 7) is 1.67. The summed E-state index contributed by atoms with van der Waals surface area (Å²) in [6.07, 6.45) is 1.96. The van der Waals surface area contributed by atoms with Gasteiger partial charge in [0, 0.05) is 25.1 Å². The lowest BCUT2D eigenvalue weighted by Crippen LogP contribution is -2.38. The van der Waals surface area contributed by atoms with Gasteiger partial charge in [-0.2, -0.15) is 5.10 Å². The predicted molar refractivity (Wildman–Crippen MR) is 99.6 cm³/mol. The predicted octanol–water partition coefficient (Wildman–Crippen LogP) is 2.09. The molecule has 2 heterocycles. The van der Waals surface area contributed by atoms with Crippen LogP contribution in [0.3, 0.4) is 0 Å². The fourth-order valence-corrected chi connectivity index (χ4v) is 3.42. The van der Waals surface area contributed by atoms with Crippen LogP contribution in [0.15, 0.2) is 36.4 Å². The second-order valence-corrected chi connectivity index (χ2v) is 7.30. The zero-order valence-electron chi connectivity index (χ0n) is 15.2. The van der Waals surface area contributed by atoms with Crippen molar-refractivity contribution in [2.24, 2.45) is 5.92 Å². The van der Waals surface area contributed by atoms with E-state index < -0.39 is 6.10 Å². The Morgan fingerprint density at radius 3 is 2.70 bits per heavy atom. The smallest absolute Gasteiger partial charge is 0.224 e. The highest BCUT2D eigenvalue weighted by Gasteiger charge is 2.33. The number of amides is 2. The van der Waals surface area contributed by atoms with Crippen LogP contribution < -0.4 is 5.32 Å². The molecule has 1 atom stereocenters. The number of anilines is 1. The number of benzene rings is 1. The number of hydrogen-bond acceptors (Lipinski definition) is 4. The molecule has 1 saturated carbocycles. The molecule has 2 aromatic rings. The van der Waals surface area contributed by atoms with E-state index in [4.69, 9.17) is 0 Å². The van der Waals surface area contributed by atoms with Gasteiger partial charge < -0.3 is 15.3 Å². The van der Waals surface area contributed by atoms with Gasteiger partial charge in [-0.3, -0.25) is 14.3 Å². The van der Waals surface area contributed by atoms with Crippen LogP contribution in [0.5, 0.6) is 0 Å². The van der Waals surface area contributed by atoms with Crippen LogP contribution in [0.4, 0.5) is 5.69 Å². The van der Waals surface area contributed by atoms with Crippen molar-refractivity contribution in [3.05, 3.63) is 47.8 Å². The molecule has 2 N–H and O–H groups in total. The number of para-hydroxylation sites is 1. The fourth-order valence-electron chi connectivity index (χ4n) is 3.42. The first-order valence-electron chi connectivity index (χ1n) is 9.47. The Kier molecular flexibility index (Phi) is 4.94. The summed E-state index contributed by atoms with van der Waals surface area (Å²) >= 11 is 0. The molecular formula is C20H24N4O3. The lowest BCUT2D eigenvalue weighted by atomic mass is 10.1. The van der Waals surface area contributed by atoms with Crippen molar-refractivity contribution in [2.75, 3.05) is 11.9 Å². The molecule has 0 saturated heterocycles. The quantitative estimate of drug-likeness (QED) is 0.817. The largest absolute Gasteiger partial charge is 0.386 e. The SMILES string of the molecule is O=C(CCC(=O)N1CCn2nc([C@@H](O)C3CC3)cc2C1)Nc1ccccc1. The highest BCUT2D eigenvalue weighted by Crippen LogP contribution is 2.40. The van der Waals surface area contributed by atoms with E-state index in [2.05, 4.69) is 10.4 Å². The summed E-state index contributed by atoms with van der Waals surface area (Å²) in [6, 6.07) is 11.1. The molecule has 1 aromatic carbocycles. The highest BCUT2D eigenvalue weighted by molar-refractivity contribution is 5.93. The molecule has 0 unspecified atom stereocenters. The maximum atomic E-state index is 12.5. The van der Waals surface area contributed by atoms with Gasteiger partial charge in [0.2, 0.25) is 11.8 Å². The van der Waals surface area contributed by atoms with Crippen LogP contribution in [-0.4, -0.2) is 38.1 Å². The molecule has 1 aromatic heterocycles. The lowest BCUT2D eigenvalue weighted by Gasteiger charge is -2.27. The Bertz CT molecular complexity index is 829. The van der Waals surface area contributed by atoms with Gasteiger partial charge in [0.15, 0.2) is 0 Å². The third-order valence-corrected chi connectivity index (χ3v) is 5.16. The number of carbonyl (C=O) groups excluding carboxylic acids is 2. The van der Waals surface area contributed by atoms with Crippen LogP contribution in [0.2, 0.25) is 0 Å². The van der Waals surface area contributed by atoms with Crippen LogP contribution in [0, 0.1) is 5.92 Å². The third kappa shape index (κ3) is 4.19. The first-order chi connectivity index (χ1) is 13.1. The molecule has 1 aliphatic carbocycles. The molecule has 0 spiro atoms. The number of carbonyl (C=O) groups is 2. The Balaban J connectivity index is 1.29. The number of aliphatic hydroxyl groups excluding tert-OH is 1. The van der Waals surface area contributed by atoms with Crippen molar-refractivity contribution in [3.63, 3.8) is 0 Å².